The lowest BCUT2D eigenvalue weighted by atomic mass is 10.1. The van der Waals surface area contributed by atoms with Gasteiger partial charge < -0.3 is 15.3 Å². The third-order valence-electron chi connectivity index (χ3n) is 2.08. The second-order valence-corrected chi connectivity index (χ2v) is 3.34. The van der Waals surface area contributed by atoms with Crippen molar-refractivity contribution in [2.75, 3.05) is 6.61 Å². The largest absolute Gasteiger partial charge is 0.396 e. The summed E-state index contributed by atoms with van der Waals surface area (Å²) in [4.78, 5) is 3.81. The van der Waals surface area contributed by atoms with Gasteiger partial charge >= 0.3 is 0 Å². The number of hydrogen-bond donors (Lipinski definition) is 3. The van der Waals surface area contributed by atoms with Crippen molar-refractivity contribution in [2.24, 2.45) is 0 Å². The van der Waals surface area contributed by atoms with Crippen molar-refractivity contribution in [1.29, 1.82) is 0 Å². The van der Waals surface area contributed by atoms with E-state index in [2.05, 4.69) is 4.98 Å². The second kappa shape index (κ2) is 5.16. The zero-order chi connectivity index (χ0) is 11.4. The van der Waals surface area contributed by atoms with Crippen LogP contribution in [0.1, 0.15) is 23.9 Å². The van der Waals surface area contributed by atoms with E-state index in [-0.39, 0.29) is 18.7 Å². The Labute approximate surface area is 87.0 Å². The van der Waals surface area contributed by atoms with Crippen LogP contribution in [-0.2, 0) is 0 Å². The maximum absolute atomic E-state index is 13.2. The van der Waals surface area contributed by atoms with Crippen molar-refractivity contribution in [3.05, 3.63) is 29.3 Å². The molecule has 4 nitrogen and oxygen atoms in total. The molecule has 0 saturated heterocycles. The van der Waals surface area contributed by atoms with Gasteiger partial charge in [0.25, 0.3) is 0 Å². The number of hydrogen-bond acceptors (Lipinski definition) is 4. The van der Waals surface area contributed by atoms with Gasteiger partial charge in [0.15, 0.2) is 0 Å². The van der Waals surface area contributed by atoms with Crippen LogP contribution in [0.2, 0.25) is 0 Å². The monoisotopic (exact) mass is 215 g/mol. The van der Waals surface area contributed by atoms with Crippen LogP contribution in [0, 0.1) is 12.7 Å². The molecule has 0 aliphatic heterocycles. The normalized spacial score (nSPS) is 15.0. The van der Waals surface area contributed by atoms with E-state index < -0.39 is 18.0 Å². The summed E-state index contributed by atoms with van der Waals surface area (Å²) in [6, 6.07) is 2.66. The first-order chi connectivity index (χ1) is 7.06. The highest BCUT2D eigenvalue weighted by Crippen LogP contribution is 2.20. The lowest BCUT2D eigenvalue weighted by Crippen LogP contribution is -2.21. The Bertz CT molecular complexity index is 332. The second-order valence-electron chi connectivity index (χ2n) is 3.34. The van der Waals surface area contributed by atoms with Crippen LogP contribution in [0.3, 0.4) is 0 Å². The highest BCUT2D eigenvalue weighted by Gasteiger charge is 2.22. The summed E-state index contributed by atoms with van der Waals surface area (Å²) < 4.78 is 13.2. The molecule has 5 heteroatoms. The molecule has 1 heterocycles. The number of aryl methyl sites for hydroxylation is 1. The molecule has 0 spiro atoms. The third-order valence-corrected chi connectivity index (χ3v) is 2.08. The number of aliphatic hydroxyl groups is 3. The van der Waals surface area contributed by atoms with Gasteiger partial charge in [-0.15, -0.1) is 0 Å². The molecule has 0 amide bonds. The summed E-state index contributed by atoms with van der Waals surface area (Å²) in [5.74, 6) is -0.662. The van der Waals surface area contributed by atoms with Crippen molar-refractivity contribution in [1.82, 2.24) is 4.98 Å². The van der Waals surface area contributed by atoms with Crippen molar-refractivity contribution in [2.45, 2.75) is 25.6 Å². The minimum Gasteiger partial charge on any atom is -0.396 e. The number of rotatable bonds is 4. The van der Waals surface area contributed by atoms with Crippen LogP contribution in [0.25, 0.3) is 0 Å². The molecule has 2 unspecified atom stereocenters. The summed E-state index contributed by atoms with van der Waals surface area (Å²) in [5, 5.41) is 27.5. The van der Waals surface area contributed by atoms with Gasteiger partial charge in [0.1, 0.15) is 17.6 Å². The summed E-state index contributed by atoms with van der Waals surface area (Å²) in [6.45, 7) is 1.39. The predicted octanol–water partition coefficient (Wildman–Crippen LogP) is 0.306. The van der Waals surface area contributed by atoms with E-state index in [1.54, 1.807) is 6.92 Å². The summed E-state index contributed by atoms with van der Waals surface area (Å²) in [6.07, 6.45) is -2.63. The molecule has 0 aliphatic rings. The van der Waals surface area contributed by atoms with Gasteiger partial charge in [-0.2, -0.15) is 0 Å². The lowest BCUT2D eigenvalue weighted by molar-refractivity contribution is -0.000179. The number of pyridine rings is 1. The fourth-order valence-corrected chi connectivity index (χ4v) is 1.24. The molecule has 0 fully saturated rings. The fourth-order valence-electron chi connectivity index (χ4n) is 1.24. The minimum atomic E-state index is -1.41. The van der Waals surface area contributed by atoms with E-state index in [1.807, 2.05) is 0 Å². The number of aliphatic hydroxyl groups excluding tert-OH is 3. The zero-order valence-electron chi connectivity index (χ0n) is 8.39. The Morgan fingerprint density at radius 2 is 2.07 bits per heavy atom. The fraction of sp³-hybridized carbons (Fsp3) is 0.500. The quantitative estimate of drug-likeness (QED) is 0.675. The molecule has 0 bridgehead atoms. The Hall–Kier alpha value is -1.04. The van der Waals surface area contributed by atoms with Gasteiger partial charge in [0.05, 0.1) is 6.10 Å². The minimum absolute atomic E-state index is 0.0176. The van der Waals surface area contributed by atoms with Crippen LogP contribution in [0.5, 0.6) is 0 Å². The van der Waals surface area contributed by atoms with Gasteiger partial charge in [-0.1, -0.05) is 0 Å². The standard InChI is InChI=1S/C10H14FNO3/c1-6-2-3-7(11)9(12-6)10(15)8(14)4-5-13/h2-3,8,10,13-15H,4-5H2,1H3. The topological polar surface area (TPSA) is 73.6 Å². The molecule has 1 aromatic rings. The van der Waals surface area contributed by atoms with E-state index >= 15 is 0 Å². The lowest BCUT2D eigenvalue weighted by Gasteiger charge is -2.17. The summed E-state index contributed by atoms with van der Waals surface area (Å²) >= 11 is 0. The van der Waals surface area contributed by atoms with Gasteiger partial charge in [-0.25, -0.2) is 4.39 Å². The first kappa shape index (κ1) is 12.0. The highest BCUT2D eigenvalue weighted by molar-refractivity contribution is 5.15. The third kappa shape index (κ3) is 2.95. The van der Waals surface area contributed by atoms with Crippen LogP contribution < -0.4 is 0 Å². The maximum Gasteiger partial charge on any atom is 0.147 e. The van der Waals surface area contributed by atoms with Crippen molar-refractivity contribution < 1.29 is 19.7 Å². The molecule has 0 aromatic carbocycles. The van der Waals surface area contributed by atoms with Gasteiger partial charge in [0, 0.05) is 12.3 Å². The van der Waals surface area contributed by atoms with E-state index in [9.17, 15) is 14.6 Å². The Morgan fingerprint density at radius 3 is 2.67 bits per heavy atom. The van der Waals surface area contributed by atoms with Crippen LogP contribution in [0.15, 0.2) is 12.1 Å². The number of aromatic nitrogens is 1. The van der Waals surface area contributed by atoms with E-state index in [0.29, 0.717) is 5.69 Å². The number of halogens is 1. The molecular weight excluding hydrogens is 201 g/mol. The number of nitrogens with zero attached hydrogens (tertiary/aromatic N) is 1. The van der Waals surface area contributed by atoms with E-state index in [0.717, 1.165) is 0 Å². The average molecular weight is 215 g/mol. The van der Waals surface area contributed by atoms with Crippen molar-refractivity contribution >= 4 is 0 Å². The van der Waals surface area contributed by atoms with Crippen LogP contribution in [-0.4, -0.2) is 33.0 Å². The predicted molar refractivity (Wildman–Crippen MR) is 51.6 cm³/mol. The molecule has 3 N–H and O–H groups in total. The van der Waals surface area contributed by atoms with Gasteiger partial charge in [-0.3, -0.25) is 4.98 Å². The Kier molecular flexibility index (Phi) is 4.14. The van der Waals surface area contributed by atoms with Gasteiger partial charge in [-0.05, 0) is 25.5 Å². The Balaban J connectivity index is 2.89. The highest BCUT2D eigenvalue weighted by atomic mass is 19.1. The molecule has 0 saturated carbocycles. The molecule has 2 atom stereocenters. The molecule has 15 heavy (non-hydrogen) atoms. The molecule has 1 aromatic heterocycles. The van der Waals surface area contributed by atoms with Crippen molar-refractivity contribution in [3.63, 3.8) is 0 Å². The molecule has 0 aliphatic carbocycles. The molecule has 84 valence electrons. The molecule has 0 radical (unpaired) electrons. The first-order valence-electron chi connectivity index (χ1n) is 4.66. The maximum atomic E-state index is 13.2. The SMILES string of the molecule is Cc1ccc(F)c(C(O)C(O)CCO)n1. The van der Waals surface area contributed by atoms with Crippen LogP contribution in [0.4, 0.5) is 4.39 Å². The first-order valence-corrected chi connectivity index (χ1v) is 4.66. The Morgan fingerprint density at radius 1 is 1.40 bits per heavy atom. The average Bonchev–Trinajstić information content (AvgIpc) is 2.21. The molecule has 1 rings (SSSR count). The van der Waals surface area contributed by atoms with Gasteiger partial charge in [0.2, 0.25) is 0 Å². The summed E-state index contributed by atoms with van der Waals surface area (Å²) in [7, 11) is 0. The van der Waals surface area contributed by atoms with Crippen molar-refractivity contribution in [3.8, 4) is 0 Å². The smallest absolute Gasteiger partial charge is 0.147 e. The zero-order valence-corrected chi connectivity index (χ0v) is 8.39. The summed E-state index contributed by atoms with van der Waals surface area (Å²) in [5.41, 5.74) is 0.373. The molecular formula is C10H14FNO3. The van der Waals surface area contributed by atoms with Crippen LogP contribution >= 0.6 is 0 Å². The van der Waals surface area contributed by atoms with E-state index in [1.165, 1.54) is 12.1 Å². The van der Waals surface area contributed by atoms with E-state index in [4.69, 9.17) is 5.11 Å².